The zero-order valence-electron chi connectivity index (χ0n) is 20.3. The molecule has 0 unspecified atom stereocenters. The Morgan fingerprint density at radius 1 is 1.05 bits per heavy atom. The summed E-state index contributed by atoms with van der Waals surface area (Å²) in [6.07, 6.45) is 6.63. The summed E-state index contributed by atoms with van der Waals surface area (Å²) in [5, 5.41) is 15.8. The first-order chi connectivity index (χ1) is 18.4. The average Bonchev–Trinajstić information content (AvgIpc) is 3.60. The zero-order chi connectivity index (χ0) is 26.3. The number of rotatable bonds is 6. The topological polar surface area (TPSA) is 102 Å². The van der Waals surface area contributed by atoms with Gasteiger partial charge in [0.15, 0.2) is 5.65 Å². The molecule has 6 rings (SSSR count). The van der Waals surface area contributed by atoms with Crippen molar-refractivity contribution in [2.24, 2.45) is 0 Å². The Balaban J connectivity index is 1.13. The number of aliphatic hydroxyl groups is 1. The lowest BCUT2D eigenvalue weighted by Gasteiger charge is -2.38. The molecule has 0 radical (unpaired) electrons. The quantitative estimate of drug-likeness (QED) is 0.367. The molecule has 1 saturated heterocycles. The molecule has 9 nitrogen and oxygen atoms in total. The molecule has 0 bridgehead atoms. The SMILES string of the molecule is O=c1c2cnn(-c3ccc(F)cc3)c2ncn1CC1(O)CCN(Cc2ccc(-c3ncco3)cc2F)CC1. The molecular weight excluding hydrogens is 494 g/mol. The van der Waals surface area contributed by atoms with Gasteiger partial charge in [-0.05, 0) is 49.2 Å². The van der Waals surface area contributed by atoms with Crippen molar-refractivity contribution in [1.29, 1.82) is 0 Å². The highest BCUT2D eigenvalue weighted by atomic mass is 19.1. The van der Waals surface area contributed by atoms with Gasteiger partial charge in [-0.25, -0.2) is 23.4 Å². The van der Waals surface area contributed by atoms with Crippen LogP contribution in [0.3, 0.4) is 0 Å². The van der Waals surface area contributed by atoms with Gasteiger partial charge < -0.3 is 9.52 Å². The van der Waals surface area contributed by atoms with Crippen molar-refractivity contribution in [2.45, 2.75) is 31.5 Å². The van der Waals surface area contributed by atoms with Crippen LogP contribution >= 0.6 is 0 Å². The molecule has 0 aliphatic carbocycles. The fourth-order valence-corrected chi connectivity index (χ4v) is 4.85. The Bertz CT molecular complexity index is 1640. The summed E-state index contributed by atoms with van der Waals surface area (Å²) in [7, 11) is 0. The molecule has 0 spiro atoms. The third kappa shape index (κ3) is 4.61. The Labute approximate surface area is 215 Å². The van der Waals surface area contributed by atoms with Crippen LogP contribution < -0.4 is 5.56 Å². The number of hydrogen-bond donors (Lipinski definition) is 1. The molecule has 0 atom stereocenters. The summed E-state index contributed by atoms with van der Waals surface area (Å²) in [5.74, 6) is -0.344. The van der Waals surface area contributed by atoms with Crippen LogP contribution in [-0.4, -0.2) is 53.0 Å². The number of piperidine rings is 1. The van der Waals surface area contributed by atoms with Gasteiger partial charge in [-0.3, -0.25) is 14.3 Å². The molecule has 11 heteroatoms. The summed E-state index contributed by atoms with van der Waals surface area (Å²) in [5.41, 5.74) is 0.651. The Morgan fingerprint density at radius 3 is 2.55 bits per heavy atom. The molecule has 1 N–H and O–H groups in total. The van der Waals surface area contributed by atoms with Crippen LogP contribution in [0.5, 0.6) is 0 Å². The second-order valence-electron chi connectivity index (χ2n) is 9.59. The van der Waals surface area contributed by atoms with Crippen LogP contribution in [0, 0.1) is 11.6 Å². The molecule has 0 saturated carbocycles. The van der Waals surface area contributed by atoms with Crippen molar-refractivity contribution in [1.82, 2.24) is 29.2 Å². The average molecular weight is 519 g/mol. The van der Waals surface area contributed by atoms with Gasteiger partial charge in [-0.2, -0.15) is 5.10 Å². The molecule has 2 aromatic carbocycles. The van der Waals surface area contributed by atoms with Crippen molar-refractivity contribution in [3.63, 3.8) is 0 Å². The maximum absolute atomic E-state index is 14.7. The van der Waals surface area contributed by atoms with Gasteiger partial charge in [-0.1, -0.05) is 6.07 Å². The first-order valence-electron chi connectivity index (χ1n) is 12.2. The number of halogens is 2. The Morgan fingerprint density at radius 2 is 1.84 bits per heavy atom. The van der Waals surface area contributed by atoms with Crippen LogP contribution in [0.2, 0.25) is 0 Å². The predicted molar refractivity (Wildman–Crippen MR) is 134 cm³/mol. The Kier molecular flexibility index (Phi) is 6.09. The van der Waals surface area contributed by atoms with Crippen LogP contribution in [-0.2, 0) is 13.1 Å². The highest BCUT2D eigenvalue weighted by Gasteiger charge is 2.33. The molecule has 1 aliphatic heterocycles. The number of fused-ring (bicyclic) bond motifs is 1. The minimum atomic E-state index is -1.10. The van der Waals surface area contributed by atoms with Crippen LogP contribution in [0.25, 0.3) is 28.2 Å². The number of oxazole rings is 1. The second-order valence-corrected chi connectivity index (χ2v) is 9.59. The second kappa shape index (κ2) is 9.58. The van der Waals surface area contributed by atoms with E-state index in [-0.39, 0.29) is 23.7 Å². The van der Waals surface area contributed by atoms with E-state index in [0.717, 1.165) is 0 Å². The molecule has 0 amide bonds. The maximum atomic E-state index is 14.7. The lowest BCUT2D eigenvalue weighted by atomic mass is 9.91. The van der Waals surface area contributed by atoms with Crippen LogP contribution in [0.1, 0.15) is 18.4 Å². The zero-order valence-corrected chi connectivity index (χ0v) is 20.3. The van der Waals surface area contributed by atoms with Crippen molar-refractivity contribution >= 4 is 11.0 Å². The number of likely N-dealkylation sites (tertiary alicyclic amines) is 1. The molecule has 4 heterocycles. The van der Waals surface area contributed by atoms with E-state index in [1.165, 1.54) is 52.4 Å². The maximum Gasteiger partial charge on any atom is 0.264 e. The van der Waals surface area contributed by atoms with E-state index >= 15 is 0 Å². The molecule has 38 heavy (non-hydrogen) atoms. The number of nitrogens with zero attached hydrogens (tertiary/aromatic N) is 6. The van der Waals surface area contributed by atoms with Crippen molar-refractivity contribution in [3.8, 4) is 17.1 Å². The number of hydrogen-bond acceptors (Lipinski definition) is 7. The van der Waals surface area contributed by atoms with E-state index in [1.54, 1.807) is 24.3 Å². The summed E-state index contributed by atoms with van der Waals surface area (Å²) in [4.78, 5) is 23.7. The van der Waals surface area contributed by atoms with Crippen LogP contribution in [0.15, 0.2) is 76.7 Å². The fraction of sp³-hybridized carbons (Fsp3) is 0.259. The Hall–Kier alpha value is -4.22. The summed E-state index contributed by atoms with van der Waals surface area (Å²) in [6.45, 7) is 1.59. The minimum absolute atomic E-state index is 0.0869. The van der Waals surface area contributed by atoms with Gasteiger partial charge in [0, 0.05) is 30.8 Å². The molecular formula is C27H24F2N6O3. The first-order valence-corrected chi connectivity index (χ1v) is 12.2. The van der Waals surface area contributed by atoms with E-state index < -0.39 is 5.60 Å². The van der Waals surface area contributed by atoms with E-state index in [0.29, 0.717) is 66.2 Å². The van der Waals surface area contributed by atoms with Crippen LogP contribution in [0.4, 0.5) is 8.78 Å². The van der Waals surface area contributed by atoms with Gasteiger partial charge in [0.05, 0.1) is 30.2 Å². The summed E-state index contributed by atoms with van der Waals surface area (Å²) < 4.78 is 36.1. The highest BCUT2D eigenvalue weighted by Crippen LogP contribution is 2.27. The van der Waals surface area contributed by atoms with Crippen molar-refractivity contribution in [2.75, 3.05) is 13.1 Å². The molecule has 3 aromatic heterocycles. The molecule has 1 fully saturated rings. The molecule has 194 valence electrons. The predicted octanol–water partition coefficient (Wildman–Crippen LogP) is 3.54. The monoisotopic (exact) mass is 518 g/mol. The van der Waals surface area contributed by atoms with E-state index in [9.17, 15) is 18.7 Å². The van der Waals surface area contributed by atoms with E-state index in [2.05, 4.69) is 20.0 Å². The molecule has 5 aromatic rings. The largest absolute Gasteiger partial charge is 0.445 e. The van der Waals surface area contributed by atoms with Gasteiger partial charge >= 0.3 is 0 Å². The third-order valence-corrected chi connectivity index (χ3v) is 7.00. The smallest absolute Gasteiger partial charge is 0.264 e. The van der Waals surface area contributed by atoms with Crippen molar-refractivity contribution in [3.05, 3.63) is 95.0 Å². The minimum Gasteiger partial charge on any atom is -0.445 e. The van der Waals surface area contributed by atoms with Crippen molar-refractivity contribution < 1.29 is 18.3 Å². The standard InChI is InChI=1S/C27H24F2N6O3/c28-20-3-5-21(6-4-20)35-24-22(14-32-35)26(36)34(17-31-24)16-27(37)7-10-33(11-8-27)15-19-2-1-18(13-23(19)29)25-30-9-12-38-25/h1-6,9,12-14,17,37H,7-8,10-11,15-16H2. The summed E-state index contributed by atoms with van der Waals surface area (Å²) in [6, 6.07) is 10.7. The first kappa shape index (κ1) is 24.1. The summed E-state index contributed by atoms with van der Waals surface area (Å²) >= 11 is 0. The van der Waals surface area contributed by atoms with Gasteiger partial charge in [-0.15, -0.1) is 0 Å². The van der Waals surface area contributed by atoms with Gasteiger partial charge in [0.25, 0.3) is 5.56 Å². The lowest BCUT2D eigenvalue weighted by Crippen LogP contribution is -2.47. The molecule has 1 aliphatic rings. The number of benzene rings is 2. The number of aromatic nitrogens is 5. The van der Waals surface area contributed by atoms with Gasteiger partial charge in [0.1, 0.15) is 29.6 Å². The fourth-order valence-electron chi connectivity index (χ4n) is 4.85. The van der Waals surface area contributed by atoms with Gasteiger partial charge in [0.2, 0.25) is 5.89 Å². The van der Waals surface area contributed by atoms with E-state index in [1.807, 2.05) is 0 Å². The highest BCUT2D eigenvalue weighted by molar-refractivity contribution is 5.74. The lowest BCUT2D eigenvalue weighted by molar-refractivity contribution is -0.0366. The third-order valence-electron chi connectivity index (χ3n) is 7.00. The van der Waals surface area contributed by atoms with E-state index in [4.69, 9.17) is 4.42 Å². The normalized spacial score (nSPS) is 15.8.